The number of aromatic nitrogens is 1. The average molecular weight is 376 g/mol. The third-order valence-corrected chi connectivity index (χ3v) is 4.89. The minimum atomic E-state index is -2.90. The van der Waals surface area contributed by atoms with E-state index in [1.807, 2.05) is 13.0 Å². The number of allylic oxidation sites excluding steroid dienone is 1. The van der Waals surface area contributed by atoms with E-state index in [1.165, 1.54) is 12.1 Å². The van der Waals surface area contributed by atoms with Crippen LogP contribution in [0.4, 0.5) is 8.78 Å². The van der Waals surface area contributed by atoms with E-state index >= 15 is 0 Å². The molecule has 0 aliphatic rings. The molecule has 3 aromatic rings. The first-order chi connectivity index (χ1) is 12.1. The molecule has 1 heterocycles. The summed E-state index contributed by atoms with van der Waals surface area (Å²) >= 11 is 6.27. The van der Waals surface area contributed by atoms with Gasteiger partial charge in [0.1, 0.15) is 5.75 Å². The predicted molar refractivity (Wildman–Crippen MR) is 103 cm³/mol. The van der Waals surface area contributed by atoms with Crippen LogP contribution in [0.3, 0.4) is 0 Å². The quantitative estimate of drug-likeness (QED) is 0.531. The number of phenolic OH excluding ortho intramolecular Hbond substituents is 1. The van der Waals surface area contributed by atoms with Gasteiger partial charge in [-0.15, -0.1) is 0 Å². The Bertz CT molecular complexity index is 1020. The van der Waals surface area contributed by atoms with Crippen molar-refractivity contribution < 1.29 is 13.9 Å². The van der Waals surface area contributed by atoms with Crippen molar-refractivity contribution in [1.82, 2.24) is 4.98 Å². The molecule has 0 fully saturated rings. The molecule has 2 aromatic carbocycles. The Hall–Kier alpha value is -2.33. The fraction of sp³-hybridized carbons (Fsp3) is 0.238. The van der Waals surface area contributed by atoms with Crippen LogP contribution in [0, 0.1) is 6.92 Å². The highest BCUT2D eigenvalue weighted by atomic mass is 35.5. The molecular weight excluding hydrogens is 356 g/mol. The summed E-state index contributed by atoms with van der Waals surface area (Å²) in [6.07, 6.45) is 0.359. The van der Waals surface area contributed by atoms with Gasteiger partial charge >= 0.3 is 0 Å². The molecular formula is C21H20ClF2NO. The predicted octanol–water partition coefficient (Wildman–Crippen LogP) is 6.57. The zero-order valence-electron chi connectivity index (χ0n) is 14.9. The highest BCUT2D eigenvalue weighted by Gasteiger charge is 2.25. The number of nitrogens with one attached hydrogen (secondary N) is 1. The molecule has 0 unspecified atom stereocenters. The van der Waals surface area contributed by atoms with Crippen molar-refractivity contribution in [2.45, 2.75) is 33.1 Å². The van der Waals surface area contributed by atoms with Crippen LogP contribution in [0.1, 0.15) is 41.8 Å². The van der Waals surface area contributed by atoms with E-state index < -0.39 is 5.92 Å². The van der Waals surface area contributed by atoms with Crippen LogP contribution in [-0.4, -0.2) is 10.1 Å². The SMILES string of the molecule is C=C(C)c1ccc(Cl)c(Cc2cc3cc(C(C)(F)F)cc(C)c3[nH]2)c1O. The highest BCUT2D eigenvalue weighted by Crippen LogP contribution is 2.36. The van der Waals surface area contributed by atoms with E-state index in [2.05, 4.69) is 11.6 Å². The van der Waals surface area contributed by atoms with Gasteiger partial charge in [-0.2, -0.15) is 0 Å². The lowest BCUT2D eigenvalue weighted by Crippen LogP contribution is -2.06. The average Bonchev–Trinajstić information content (AvgIpc) is 2.93. The lowest BCUT2D eigenvalue weighted by atomic mass is 10.0. The minimum Gasteiger partial charge on any atom is -0.507 e. The second kappa shape index (κ2) is 6.44. The Balaban J connectivity index is 2.07. The van der Waals surface area contributed by atoms with Crippen LogP contribution in [0.15, 0.2) is 36.9 Å². The maximum Gasteiger partial charge on any atom is 0.270 e. The molecule has 2 N–H and O–H groups in total. The van der Waals surface area contributed by atoms with Crippen LogP contribution in [0.25, 0.3) is 16.5 Å². The molecule has 0 atom stereocenters. The molecule has 0 aliphatic carbocycles. The smallest absolute Gasteiger partial charge is 0.270 e. The molecule has 0 radical (unpaired) electrons. The van der Waals surface area contributed by atoms with E-state index in [4.69, 9.17) is 11.6 Å². The Labute approximate surface area is 156 Å². The van der Waals surface area contributed by atoms with E-state index in [-0.39, 0.29) is 11.3 Å². The van der Waals surface area contributed by atoms with Crippen LogP contribution >= 0.6 is 11.6 Å². The summed E-state index contributed by atoms with van der Waals surface area (Å²) in [6.45, 7) is 8.36. The zero-order valence-corrected chi connectivity index (χ0v) is 15.6. The van der Waals surface area contributed by atoms with Gasteiger partial charge in [0, 0.05) is 51.7 Å². The van der Waals surface area contributed by atoms with Crippen molar-refractivity contribution >= 4 is 28.1 Å². The molecule has 26 heavy (non-hydrogen) atoms. The van der Waals surface area contributed by atoms with E-state index in [9.17, 15) is 13.9 Å². The van der Waals surface area contributed by atoms with Crippen molar-refractivity contribution in [2.75, 3.05) is 0 Å². The van der Waals surface area contributed by atoms with Gasteiger partial charge in [0.05, 0.1) is 0 Å². The maximum absolute atomic E-state index is 13.7. The highest BCUT2D eigenvalue weighted by molar-refractivity contribution is 6.31. The molecule has 0 spiro atoms. The van der Waals surface area contributed by atoms with Crippen molar-refractivity contribution in [3.63, 3.8) is 0 Å². The third kappa shape index (κ3) is 3.34. The maximum atomic E-state index is 13.7. The second-order valence-electron chi connectivity index (χ2n) is 6.82. The van der Waals surface area contributed by atoms with Gasteiger partial charge < -0.3 is 10.1 Å². The molecule has 0 bridgehead atoms. The fourth-order valence-corrected chi connectivity index (χ4v) is 3.37. The van der Waals surface area contributed by atoms with E-state index in [0.29, 0.717) is 28.0 Å². The van der Waals surface area contributed by atoms with E-state index in [0.717, 1.165) is 29.3 Å². The number of benzene rings is 2. The minimum absolute atomic E-state index is 0.0155. The number of rotatable bonds is 4. The van der Waals surface area contributed by atoms with Gasteiger partial charge in [0.2, 0.25) is 0 Å². The number of H-pyrrole nitrogens is 1. The summed E-state index contributed by atoms with van der Waals surface area (Å²) in [7, 11) is 0. The van der Waals surface area contributed by atoms with Gasteiger partial charge in [-0.1, -0.05) is 18.2 Å². The molecule has 5 heteroatoms. The first-order valence-corrected chi connectivity index (χ1v) is 8.62. The molecule has 136 valence electrons. The number of alkyl halides is 2. The summed E-state index contributed by atoms with van der Waals surface area (Å²) in [5.74, 6) is -2.80. The number of hydrogen-bond donors (Lipinski definition) is 2. The molecule has 0 saturated heterocycles. The van der Waals surface area contributed by atoms with Gasteiger partial charge in [-0.25, -0.2) is 8.78 Å². The summed E-state index contributed by atoms with van der Waals surface area (Å²) < 4.78 is 27.3. The Morgan fingerprint density at radius 1 is 1.27 bits per heavy atom. The third-order valence-electron chi connectivity index (χ3n) is 4.54. The number of halogens is 3. The van der Waals surface area contributed by atoms with Crippen LogP contribution < -0.4 is 0 Å². The first-order valence-electron chi connectivity index (χ1n) is 8.24. The lowest BCUT2D eigenvalue weighted by Gasteiger charge is -2.11. The molecule has 0 aliphatic heterocycles. The lowest BCUT2D eigenvalue weighted by molar-refractivity contribution is 0.0175. The Morgan fingerprint density at radius 2 is 1.96 bits per heavy atom. The number of fused-ring (bicyclic) bond motifs is 1. The number of hydrogen-bond acceptors (Lipinski definition) is 1. The summed E-state index contributed by atoms with van der Waals surface area (Å²) in [5.41, 5.74) is 4.29. The first kappa shape index (κ1) is 18.5. The van der Waals surface area contributed by atoms with Crippen molar-refractivity contribution in [3.8, 4) is 5.75 Å². The van der Waals surface area contributed by atoms with Crippen LogP contribution in [-0.2, 0) is 12.3 Å². The van der Waals surface area contributed by atoms with E-state index in [1.54, 1.807) is 19.1 Å². The number of aryl methyl sites for hydroxylation is 1. The summed E-state index contributed by atoms with van der Waals surface area (Å²) in [5, 5.41) is 11.7. The molecule has 0 saturated carbocycles. The number of aromatic hydroxyl groups is 1. The normalized spacial score (nSPS) is 11.9. The fourth-order valence-electron chi connectivity index (χ4n) is 3.15. The van der Waals surface area contributed by atoms with Gasteiger partial charge in [-0.3, -0.25) is 0 Å². The Morgan fingerprint density at radius 3 is 2.58 bits per heavy atom. The standard InChI is InChI=1S/C21H20ClF2NO/c1-11(2)16-5-6-18(22)17(20(16)26)10-15-9-13-8-14(21(4,23)24)7-12(3)19(13)25-15/h5-9,25-26H,1,10H2,2-4H3. The van der Waals surface area contributed by atoms with Gasteiger partial charge in [0.25, 0.3) is 5.92 Å². The van der Waals surface area contributed by atoms with Crippen molar-refractivity contribution in [3.05, 3.63) is 69.9 Å². The molecule has 1 aromatic heterocycles. The summed E-state index contributed by atoms with van der Waals surface area (Å²) in [4.78, 5) is 3.26. The number of phenols is 1. The summed E-state index contributed by atoms with van der Waals surface area (Å²) in [6, 6.07) is 8.27. The van der Waals surface area contributed by atoms with Crippen molar-refractivity contribution in [2.24, 2.45) is 0 Å². The van der Waals surface area contributed by atoms with Gasteiger partial charge in [0.15, 0.2) is 0 Å². The second-order valence-corrected chi connectivity index (χ2v) is 7.23. The zero-order chi connectivity index (χ0) is 19.2. The molecule has 3 rings (SSSR count). The topological polar surface area (TPSA) is 36.0 Å². The van der Waals surface area contributed by atoms with Crippen LogP contribution in [0.5, 0.6) is 5.75 Å². The number of aromatic amines is 1. The Kier molecular flexibility index (Phi) is 4.57. The van der Waals surface area contributed by atoms with Crippen molar-refractivity contribution in [1.29, 1.82) is 0 Å². The van der Waals surface area contributed by atoms with Crippen LogP contribution in [0.2, 0.25) is 5.02 Å². The monoisotopic (exact) mass is 375 g/mol. The molecule has 2 nitrogen and oxygen atoms in total. The van der Waals surface area contributed by atoms with Gasteiger partial charge in [-0.05, 0) is 55.3 Å². The molecule has 0 amide bonds. The largest absolute Gasteiger partial charge is 0.507 e.